The molecule has 5 nitrogen and oxygen atoms in total. The fourth-order valence-electron chi connectivity index (χ4n) is 3.29. The molecule has 35 heavy (non-hydrogen) atoms. The molecule has 188 valence electrons. The van der Waals surface area contributed by atoms with Gasteiger partial charge < -0.3 is 15.0 Å². The summed E-state index contributed by atoms with van der Waals surface area (Å²) in [6.45, 7) is 9.07. The van der Waals surface area contributed by atoms with Gasteiger partial charge in [-0.3, -0.25) is 9.59 Å². The second-order valence-corrected chi connectivity index (χ2v) is 7.76. The molecule has 0 bridgehead atoms. The summed E-state index contributed by atoms with van der Waals surface area (Å²) < 4.78 is 17.6. The van der Waals surface area contributed by atoms with E-state index in [4.69, 9.17) is 4.74 Å². The molecule has 0 aromatic heterocycles. The second-order valence-electron chi connectivity index (χ2n) is 7.76. The van der Waals surface area contributed by atoms with Gasteiger partial charge in [-0.05, 0) is 54.3 Å². The summed E-state index contributed by atoms with van der Waals surface area (Å²) in [7, 11) is 1.66. The van der Waals surface area contributed by atoms with Crippen LogP contribution >= 0.6 is 0 Å². The van der Waals surface area contributed by atoms with Crippen LogP contribution in [-0.2, 0) is 9.59 Å². The van der Waals surface area contributed by atoms with E-state index in [1.807, 2.05) is 42.5 Å². The lowest BCUT2D eigenvalue weighted by Gasteiger charge is -2.16. The van der Waals surface area contributed by atoms with Gasteiger partial charge in [-0.2, -0.15) is 0 Å². The third-order valence-corrected chi connectivity index (χ3v) is 5.20. The number of hydrogen-bond acceptors (Lipinski definition) is 3. The Morgan fingerprint density at radius 3 is 2.34 bits per heavy atom. The predicted molar refractivity (Wildman–Crippen MR) is 142 cm³/mol. The molecule has 1 aliphatic heterocycles. The number of halogens is 1. The quantitative estimate of drug-likeness (QED) is 0.349. The van der Waals surface area contributed by atoms with Crippen LogP contribution in [0.3, 0.4) is 0 Å². The molecule has 2 amide bonds. The smallest absolute Gasteiger partial charge is 0.227 e. The summed E-state index contributed by atoms with van der Waals surface area (Å²) in [6.07, 6.45) is 10.9. The molecule has 6 heteroatoms. The van der Waals surface area contributed by atoms with E-state index in [1.54, 1.807) is 30.2 Å². The average Bonchev–Trinajstić information content (AvgIpc) is 3.28. The highest BCUT2D eigenvalue weighted by molar-refractivity contribution is 5.95. The van der Waals surface area contributed by atoms with Crippen molar-refractivity contribution in [2.24, 2.45) is 5.92 Å². The van der Waals surface area contributed by atoms with Crippen molar-refractivity contribution in [2.75, 3.05) is 25.1 Å². The highest BCUT2D eigenvalue weighted by Crippen LogP contribution is 2.26. The number of methoxy groups -OCH3 is 1. The van der Waals surface area contributed by atoms with Crippen LogP contribution in [0.5, 0.6) is 5.75 Å². The molecule has 1 aliphatic rings. The normalized spacial score (nSPS) is 15.0. The van der Waals surface area contributed by atoms with Gasteiger partial charge in [0.1, 0.15) is 11.6 Å². The third-order valence-electron chi connectivity index (χ3n) is 5.20. The van der Waals surface area contributed by atoms with Crippen LogP contribution in [0.2, 0.25) is 0 Å². The topological polar surface area (TPSA) is 58.6 Å². The minimum Gasteiger partial charge on any atom is -0.497 e. The molecule has 2 aromatic rings. The molecular formula is C29H37FN2O3. The zero-order chi connectivity index (χ0) is 25.9. The lowest BCUT2D eigenvalue weighted by molar-refractivity contribution is -0.117. The van der Waals surface area contributed by atoms with E-state index in [1.165, 1.54) is 12.1 Å². The van der Waals surface area contributed by atoms with Crippen molar-refractivity contribution in [1.29, 1.82) is 0 Å². The lowest BCUT2D eigenvalue weighted by Crippen LogP contribution is -2.24. The first-order chi connectivity index (χ1) is 17.0. The molecule has 0 saturated carbocycles. The van der Waals surface area contributed by atoms with Gasteiger partial charge in [0, 0.05) is 25.2 Å². The van der Waals surface area contributed by atoms with Crippen LogP contribution in [0.25, 0.3) is 0 Å². The number of rotatable bonds is 9. The number of nitrogens with zero attached hydrogens (tertiary/aromatic N) is 1. The summed E-state index contributed by atoms with van der Waals surface area (Å²) in [5.41, 5.74) is 1.90. The first-order valence-electron chi connectivity index (χ1n) is 11.8. The standard InChI is InChI=1S/C12H14FNO.C10H15NO.C7H8O/c1-2-9-7-12(15)14(8-9)11-5-3-10(13)4-6-11;1-3-5-7-10(6-4-2)8-11-9-12;1-8-7-5-3-2-4-6-7/h3-6,9H,2,7-8H2,1H3;3,5-7,9H,1,4,8H2,2H3,(H,11,12);2-6H,1H3/b;7-5-,10-6+;. The number of hydrogen-bond donors (Lipinski definition) is 1. The largest absolute Gasteiger partial charge is 0.497 e. The van der Waals surface area contributed by atoms with Gasteiger partial charge in [-0.25, -0.2) is 4.39 Å². The zero-order valence-corrected chi connectivity index (χ0v) is 21.0. The molecular weight excluding hydrogens is 443 g/mol. The van der Waals surface area contributed by atoms with Gasteiger partial charge >= 0.3 is 0 Å². The molecule has 0 aliphatic carbocycles. The molecule has 1 heterocycles. The van der Waals surface area contributed by atoms with Crippen molar-refractivity contribution in [1.82, 2.24) is 5.32 Å². The van der Waals surface area contributed by atoms with Gasteiger partial charge in [0.15, 0.2) is 0 Å². The monoisotopic (exact) mass is 480 g/mol. The summed E-state index contributed by atoms with van der Waals surface area (Å²) in [5.74, 6) is 1.24. The minimum absolute atomic E-state index is 0.147. The third kappa shape index (κ3) is 11.8. The molecule has 2 aromatic carbocycles. The van der Waals surface area contributed by atoms with Crippen molar-refractivity contribution in [3.05, 3.63) is 96.9 Å². The first-order valence-corrected chi connectivity index (χ1v) is 11.8. The molecule has 1 N–H and O–H groups in total. The van der Waals surface area contributed by atoms with Crippen LogP contribution in [0, 0.1) is 11.7 Å². The molecule has 3 rings (SSSR count). The highest BCUT2D eigenvalue weighted by atomic mass is 19.1. The van der Waals surface area contributed by atoms with Gasteiger partial charge in [0.2, 0.25) is 12.3 Å². The van der Waals surface area contributed by atoms with E-state index in [0.29, 0.717) is 25.3 Å². The molecule has 0 spiro atoms. The minimum atomic E-state index is -0.266. The Bertz CT molecular complexity index is 940. The van der Waals surface area contributed by atoms with Crippen LogP contribution < -0.4 is 15.0 Å². The Kier molecular flexibility index (Phi) is 14.9. The number of allylic oxidation sites excluding steroid dienone is 3. The van der Waals surface area contributed by atoms with Crippen molar-refractivity contribution in [3.63, 3.8) is 0 Å². The summed E-state index contributed by atoms with van der Waals surface area (Å²) in [5, 5.41) is 2.61. The van der Waals surface area contributed by atoms with E-state index in [-0.39, 0.29) is 11.7 Å². The maximum absolute atomic E-state index is 12.7. The van der Waals surface area contributed by atoms with E-state index < -0.39 is 0 Å². The van der Waals surface area contributed by atoms with Crippen molar-refractivity contribution in [2.45, 2.75) is 33.1 Å². The van der Waals surface area contributed by atoms with E-state index in [0.717, 1.165) is 36.4 Å². The van der Waals surface area contributed by atoms with Gasteiger partial charge in [0.05, 0.1) is 7.11 Å². The summed E-state index contributed by atoms with van der Waals surface area (Å²) in [6, 6.07) is 15.8. The van der Waals surface area contributed by atoms with E-state index in [2.05, 4.69) is 31.8 Å². The molecule has 1 atom stereocenters. The van der Waals surface area contributed by atoms with Crippen LogP contribution in [0.4, 0.5) is 10.1 Å². The lowest BCUT2D eigenvalue weighted by atomic mass is 10.1. The number of carbonyl (C=O) groups is 2. The van der Waals surface area contributed by atoms with Crippen molar-refractivity contribution >= 4 is 18.0 Å². The number of para-hydroxylation sites is 1. The Morgan fingerprint density at radius 2 is 1.86 bits per heavy atom. The fourth-order valence-corrected chi connectivity index (χ4v) is 3.29. The number of nitrogens with one attached hydrogen (secondary N) is 1. The summed E-state index contributed by atoms with van der Waals surface area (Å²) in [4.78, 5) is 23.4. The SMILES string of the molecule is C=C/C=C\C(=C/CC)CNC=O.CCC1CC(=O)N(c2ccc(F)cc2)C1.COc1ccccc1. The first kappa shape index (κ1) is 29.4. The highest BCUT2D eigenvalue weighted by Gasteiger charge is 2.29. The number of anilines is 1. The second kappa shape index (κ2) is 17.8. The van der Waals surface area contributed by atoms with Crippen LogP contribution in [0.1, 0.15) is 33.1 Å². The van der Waals surface area contributed by atoms with E-state index >= 15 is 0 Å². The predicted octanol–water partition coefficient (Wildman–Crippen LogP) is 6.09. The molecule has 0 radical (unpaired) electrons. The van der Waals surface area contributed by atoms with Crippen LogP contribution in [-0.4, -0.2) is 32.5 Å². The van der Waals surface area contributed by atoms with Crippen molar-refractivity contribution < 1.29 is 18.7 Å². The van der Waals surface area contributed by atoms with Gasteiger partial charge in [-0.15, -0.1) is 0 Å². The number of carbonyl (C=O) groups excluding carboxylic acids is 2. The van der Waals surface area contributed by atoms with Crippen LogP contribution in [0.15, 0.2) is 91.1 Å². The van der Waals surface area contributed by atoms with Gasteiger partial charge in [0.25, 0.3) is 0 Å². The molecule has 1 saturated heterocycles. The molecule has 1 unspecified atom stereocenters. The number of amides is 2. The van der Waals surface area contributed by atoms with E-state index in [9.17, 15) is 14.0 Å². The zero-order valence-electron chi connectivity index (χ0n) is 21.0. The van der Waals surface area contributed by atoms with Gasteiger partial charge in [-0.1, -0.05) is 69.4 Å². The number of ether oxygens (including phenoxy) is 1. The maximum Gasteiger partial charge on any atom is 0.227 e. The Morgan fingerprint density at radius 1 is 1.17 bits per heavy atom. The Hall–Kier alpha value is -3.67. The molecule has 1 fully saturated rings. The summed E-state index contributed by atoms with van der Waals surface area (Å²) >= 11 is 0. The Labute approximate surface area is 209 Å². The van der Waals surface area contributed by atoms with Crippen molar-refractivity contribution in [3.8, 4) is 5.75 Å². The fraction of sp³-hybridized carbons (Fsp3) is 0.310. The number of benzene rings is 2. The average molecular weight is 481 g/mol. The maximum atomic E-state index is 12.7. The Balaban J connectivity index is 0.000000276.